The van der Waals surface area contributed by atoms with Crippen LogP contribution in [0.2, 0.25) is 0 Å². The van der Waals surface area contributed by atoms with Crippen molar-refractivity contribution in [1.82, 2.24) is 0 Å². The van der Waals surface area contributed by atoms with Gasteiger partial charge in [0.05, 0.1) is 18.1 Å². The molecule has 0 aromatic heterocycles. The Morgan fingerprint density at radius 3 is 2.61 bits per heavy atom. The summed E-state index contributed by atoms with van der Waals surface area (Å²) in [6.45, 7) is 7.23. The summed E-state index contributed by atoms with van der Waals surface area (Å²) in [6.07, 6.45) is 3.68. The molecular formula is C24H34O7. The molecule has 1 spiro atoms. The fourth-order valence-electron chi connectivity index (χ4n) is 6.49. The Morgan fingerprint density at radius 2 is 2.00 bits per heavy atom. The van der Waals surface area contributed by atoms with Crippen LogP contribution in [0.3, 0.4) is 0 Å². The number of hydrogen-bond acceptors (Lipinski definition) is 7. The highest BCUT2D eigenvalue weighted by Crippen LogP contribution is 2.60. The summed E-state index contributed by atoms with van der Waals surface area (Å²) in [4.78, 5) is 26.4. The van der Waals surface area contributed by atoms with Gasteiger partial charge in [-0.3, -0.25) is 4.79 Å². The highest BCUT2D eigenvalue weighted by molar-refractivity contribution is 5.88. The molecule has 1 unspecified atom stereocenters. The first-order chi connectivity index (χ1) is 14.7. The standard InChI is InChI=1S/C24H34O7/c1-11-8-12(2)24-15(9-18(29-5)23(28)30-21(11)14(4)26)6-7-16-19(24)20(27)13(3)17(10-25)22(16)31-24/h6-8,11,13-19,21-22,25-26H,9-10H2,1-5H3/b12-8+/t11-,13?,14-,15-,16-,17+,18+,19+,21+,22-,24+/m1/s1. The minimum Gasteiger partial charge on any atom is -0.457 e. The average Bonchev–Trinajstić information content (AvgIpc) is 2.91. The molecule has 0 radical (unpaired) electrons. The van der Waals surface area contributed by atoms with E-state index >= 15 is 0 Å². The van der Waals surface area contributed by atoms with Gasteiger partial charge in [0.1, 0.15) is 17.5 Å². The van der Waals surface area contributed by atoms with Crippen LogP contribution in [0.4, 0.5) is 0 Å². The third-order valence-corrected chi connectivity index (χ3v) is 8.09. The van der Waals surface area contributed by atoms with Crippen molar-refractivity contribution in [3.05, 3.63) is 23.8 Å². The minimum absolute atomic E-state index is 0.0980. The number of aliphatic hydroxyl groups excluding tert-OH is 2. The second-order valence-corrected chi connectivity index (χ2v) is 9.77. The van der Waals surface area contributed by atoms with Crippen LogP contribution < -0.4 is 0 Å². The van der Waals surface area contributed by atoms with Crippen molar-refractivity contribution in [2.75, 3.05) is 13.7 Å². The third kappa shape index (κ3) is 3.24. The predicted octanol–water partition coefficient (Wildman–Crippen LogP) is 1.66. The fraction of sp³-hybridized carbons (Fsp3) is 0.750. The molecule has 1 saturated heterocycles. The molecule has 0 amide bonds. The van der Waals surface area contributed by atoms with Gasteiger partial charge in [-0.15, -0.1) is 0 Å². The Labute approximate surface area is 183 Å². The first kappa shape index (κ1) is 22.6. The van der Waals surface area contributed by atoms with Crippen molar-refractivity contribution in [1.29, 1.82) is 0 Å². The lowest BCUT2D eigenvalue weighted by Crippen LogP contribution is -2.54. The topological polar surface area (TPSA) is 102 Å². The average molecular weight is 435 g/mol. The van der Waals surface area contributed by atoms with E-state index in [1.54, 1.807) is 6.92 Å². The molecule has 0 aromatic carbocycles. The van der Waals surface area contributed by atoms with Crippen LogP contribution in [-0.4, -0.2) is 65.7 Å². The first-order valence-electron chi connectivity index (χ1n) is 11.3. The maximum atomic E-state index is 13.6. The largest absolute Gasteiger partial charge is 0.457 e. The highest BCUT2D eigenvalue weighted by atomic mass is 16.6. The summed E-state index contributed by atoms with van der Waals surface area (Å²) in [7, 11) is 1.46. The van der Waals surface area contributed by atoms with Crippen molar-refractivity contribution < 1.29 is 34.0 Å². The molecule has 4 aliphatic rings. The van der Waals surface area contributed by atoms with E-state index < -0.39 is 29.9 Å². The van der Waals surface area contributed by atoms with Crippen LogP contribution in [0.1, 0.15) is 34.1 Å². The molecule has 2 heterocycles. The number of carbonyl (C=O) groups excluding carboxylic acids is 2. The van der Waals surface area contributed by atoms with Crippen molar-refractivity contribution in [2.24, 2.45) is 35.5 Å². The number of aliphatic hydroxyl groups is 2. The monoisotopic (exact) mass is 434 g/mol. The van der Waals surface area contributed by atoms with Gasteiger partial charge in [0.2, 0.25) is 0 Å². The minimum atomic E-state index is -0.898. The molecule has 7 nitrogen and oxygen atoms in total. The van der Waals surface area contributed by atoms with Crippen molar-refractivity contribution in [2.45, 2.75) is 64.1 Å². The van der Waals surface area contributed by atoms with Crippen molar-refractivity contribution in [3.8, 4) is 0 Å². The summed E-state index contributed by atoms with van der Waals surface area (Å²) in [5.41, 5.74) is 0.00932. The van der Waals surface area contributed by atoms with Gasteiger partial charge >= 0.3 is 5.97 Å². The summed E-state index contributed by atoms with van der Waals surface area (Å²) < 4.78 is 17.9. The number of ether oxygens (including phenoxy) is 3. The summed E-state index contributed by atoms with van der Waals surface area (Å²) in [6, 6.07) is 0. The van der Waals surface area contributed by atoms with Gasteiger partial charge in [-0.2, -0.15) is 0 Å². The Hall–Kier alpha value is -1.54. The smallest absolute Gasteiger partial charge is 0.335 e. The van der Waals surface area contributed by atoms with Gasteiger partial charge in [-0.05, 0) is 25.8 Å². The van der Waals surface area contributed by atoms with E-state index in [1.165, 1.54) is 7.11 Å². The number of hydrogen-bond donors (Lipinski definition) is 2. The van der Waals surface area contributed by atoms with E-state index in [0.717, 1.165) is 5.57 Å². The molecule has 4 bridgehead atoms. The second-order valence-electron chi connectivity index (χ2n) is 9.77. The summed E-state index contributed by atoms with van der Waals surface area (Å²) in [5, 5.41) is 20.3. The molecule has 11 atom stereocenters. The van der Waals surface area contributed by atoms with Gasteiger partial charge in [0.25, 0.3) is 0 Å². The molecule has 7 heteroatoms. The molecular weight excluding hydrogens is 400 g/mol. The van der Waals surface area contributed by atoms with Gasteiger partial charge in [-0.25, -0.2) is 4.79 Å². The normalized spacial score (nSPS) is 49.6. The summed E-state index contributed by atoms with van der Waals surface area (Å²) in [5.74, 6) is -1.98. The molecule has 2 aliphatic carbocycles. The molecule has 2 aliphatic heterocycles. The van der Waals surface area contributed by atoms with Crippen LogP contribution in [-0.2, 0) is 23.8 Å². The number of Topliss-reactive ketones (excluding diaryl/α,β-unsaturated/α-hetero) is 1. The number of cyclic esters (lactones) is 1. The molecule has 1 saturated carbocycles. The van der Waals surface area contributed by atoms with Crippen LogP contribution in [0.5, 0.6) is 0 Å². The zero-order valence-electron chi connectivity index (χ0n) is 18.9. The first-order valence-corrected chi connectivity index (χ1v) is 11.3. The summed E-state index contributed by atoms with van der Waals surface area (Å²) >= 11 is 0. The Kier molecular flexibility index (Phi) is 5.92. The lowest BCUT2D eigenvalue weighted by Gasteiger charge is -2.46. The second kappa shape index (κ2) is 8.10. The zero-order valence-corrected chi connectivity index (χ0v) is 18.9. The maximum absolute atomic E-state index is 13.6. The Morgan fingerprint density at radius 1 is 1.29 bits per heavy atom. The molecule has 0 aromatic rings. The highest BCUT2D eigenvalue weighted by Gasteiger charge is 2.68. The fourth-order valence-corrected chi connectivity index (χ4v) is 6.49. The van der Waals surface area contributed by atoms with Crippen LogP contribution >= 0.6 is 0 Å². The van der Waals surface area contributed by atoms with Crippen molar-refractivity contribution in [3.63, 3.8) is 0 Å². The molecule has 31 heavy (non-hydrogen) atoms. The van der Waals surface area contributed by atoms with Gasteiger partial charge in [0.15, 0.2) is 6.10 Å². The predicted molar refractivity (Wildman–Crippen MR) is 112 cm³/mol. The van der Waals surface area contributed by atoms with E-state index in [1.807, 2.05) is 39.0 Å². The quantitative estimate of drug-likeness (QED) is 0.514. The molecule has 172 valence electrons. The van der Waals surface area contributed by atoms with E-state index in [2.05, 4.69) is 0 Å². The maximum Gasteiger partial charge on any atom is 0.335 e. The van der Waals surface area contributed by atoms with Crippen molar-refractivity contribution >= 4 is 11.8 Å². The van der Waals surface area contributed by atoms with Crippen LogP contribution in [0.25, 0.3) is 0 Å². The molecule has 2 fully saturated rings. The number of esters is 1. The lowest BCUT2D eigenvalue weighted by atomic mass is 9.56. The Balaban J connectivity index is 1.87. The number of methoxy groups -OCH3 is 1. The SMILES string of the molecule is CO[C@H]1C[C@H]2C=C[C@H]3[C@H]4O[C@]2(/C(C)=C/[C@@H](C)[C@@H]([C@@H](C)O)OC1=O)[C@@H]3C(=O)C(C)[C@@H]4CO. The number of carbonyl (C=O) groups is 2. The van der Waals surface area contributed by atoms with Crippen LogP contribution in [0.15, 0.2) is 23.8 Å². The van der Waals surface area contributed by atoms with E-state index in [9.17, 15) is 19.8 Å². The van der Waals surface area contributed by atoms with Crippen LogP contribution in [0, 0.1) is 35.5 Å². The molecule has 2 N–H and O–H groups in total. The van der Waals surface area contributed by atoms with E-state index in [0.29, 0.717) is 6.42 Å². The molecule has 4 rings (SSSR count). The van der Waals surface area contributed by atoms with Gasteiger partial charge < -0.3 is 24.4 Å². The van der Waals surface area contributed by atoms with Gasteiger partial charge in [0, 0.05) is 43.3 Å². The lowest BCUT2D eigenvalue weighted by molar-refractivity contribution is -0.171. The Bertz CT molecular complexity index is 802. The zero-order chi connectivity index (χ0) is 22.7. The third-order valence-electron chi connectivity index (χ3n) is 8.09. The van der Waals surface area contributed by atoms with E-state index in [4.69, 9.17) is 14.2 Å². The van der Waals surface area contributed by atoms with Gasteiger partial charge in [-0.1, -0.05) is 32.1 Å². The number of rotatable bonds is 3. The number of ketones is 1. The van der Waals surface area contributed by atoms with E-state index in [-0.39, 0.29) is 54.0 Å².